The molecule has 0 bridgehead atoms. The van der Waals surface area contributed by atoms with Crippen LogP contribution in [0.1, 0.15) is 16.9 Å². The van der Waals surface area contributed by atoms with Crippen LogP contribution in [0.4, 0.5) is 0 Å². The summed E-state index contributed by atoms with van der Waals surface area (Å²) in [5.74, 6) is -0.106. The van der Waals surface area contributed by atoms with E-state index in [-0.39, 0.29) is 5.69 Å². The Morgan fingerprint density at radius 2 is 2.21 bits per heavy atom. The molecule has 19 heavy (non-hydrogen) atoms. The first-order chi connectivity index (χ1) is 9.22. The van der Waals surface area contributed by atoms with E-state index in [2.05, 4.69) is 4.98 Å². The predicted molar refractivity (Wildman–Crippen MR) is 75.9 cm³/mol. The smallest absolute Gasteiger partial charge is 0.354 e. The monoisotopic (exact) mass is 277 g/mol. The second kappa shape index (κ2) is 6.54. The van der Waals surface area contributed by atoms with E-state index in [1.165, 1.54) is 0 Å². The maximum absolute atomic E-state index is 11.1. The molecule has 4 nitrogen and oxygen atoms in total. The highest BCUT2D eigenvalue weighted by atomic mass is 32.2. The Morgan fingerprint density at radius 3 is 2.95 bits per heavy atom. The summed E-state index contributed by atoms with van der Waals surface area (Å²) in [6, 6.07) is 9.24. The van der Waals surface area contributed by atoms with Crippen LogP contribution in [0.5, 0.6) is 0 Å². The second-order valence-corrected chi connectivity index (χ2v) is 5.16. The van der Waals surface area contributed by atoms with E-state index in [4.69, 9.17) is 9.84 Å². The van der Waals surface area contributed by atoms with Gasteiger partial charge in [0, 0.05) is 29.8 Å². The molecule has 2 aromatic rings. The topological polar surface area (TPSA) is 59.4 Å². The number of hydrogen-bond donors (Lipinski definition) is 1. The highest BCUT2D eigenvalue weighted by Gasteiger charge is 2.10. The largest absolute Gasteiger partial charge is 0.477 e. The Hall–Kier alpha value is -1.59. The Balaban J connectivity index is 2.31. The number of para-hydroxylation sites is 1. The van der Waals surface area contributed by atoms with Gasteiger partial charge in [0.2, 0.25) is 0 Å². The average molecular weight is 277 g/mol. The molecule has 0 fully saturated rings. The summed E-state index contributed by atoms with van der Waals surface area (Å²) in [6.45, 7) is 0.710. The predicted octanol–water partition coefficient (Wildman–Crippen LogP) is 3.06. The Morgan fingerprint density at radius 1 is 1.42 bits per heavy atom. The highest BCUT2D eigenvalue weighted by molar-refractivity contribution is 7.99. The molecule has 5 heteroatoms. The molecule has 0 amide bonds. The maximum Gasteiger partial charge on any atom is 0.354 e. The molecule has 0 radical (unpaired) electrons. The van der Waals surface area contributed by atoms with Crippen molar-refractivity contribution >= 4 is 28.6 Å². The highest BCUT2D eigenvalue weighted by Crippen LogP contribution is 2.28. The summed E-state index contributed by atoms with van der Waals surface area (Å²) < 4.78 is 5.01. The van der Waals surface area contributed by atoms with Gasteiger partial charge in [-0.2, -0.15) is 0 Å². The third kappa shape index (κ3) is 3.45. The van der Waals surface area contributed by atoms with E-state index in [1.807, 2.05) is 24.3 Å². The lowest BCUT2D eigenvalue weighted by Crippen LogP contribution is -2.01. The van der Waals surface area contributed by atoms with Crippen molar-refractivity contribution in [2.75, 3.05) is 19.5 Å². The molecule has 0 atom stereocenters. The molecule has 0 unspecified atom stereocenters. The van der Waals surface area contributed by atoms with E-state index in [0.717, 1.165) is 28.0 Å². The maximum atomic E-state index is 11.1. The van der Waals surface area contributed by atoms with Gasteiger partial charge in [0.05, 0.1) is 5.52 Å². The molecule has 0 aliphatic carbocycles. The van der Waals surface area contributed by atoms with E-state index in [9.17, 15) is 4.79 Å². The van der Waals surface area contributed by atoms with Crippen molar-refractivity contribution in [3.63, 3.8) is 0 Å². The van der Waals surface area contributed by atoms with Crippen molar-refractivity contribution in [2.24, 2.45) is 0 Å². The summed E-state index contributed by atoms with van der Waals surface area (Å²) in [5.41, 5.74) is 0.810. The SMILES string of the molecule is COCCCSc1cc(C(=O)O)nc2ccccc12. The number of carbonyl (C=O) groups is 1. The van der Waals surface area contributed by atoms with Gasteiger partial charge < -0.3 is 9.84 Å². The normalized spacial score (nSPS) is 10.8. The number of hydrogen-bond acceptors (Lipinski definition) is 4. The molecule has 2 rings (SSSR count). The van der Waals surface area contributed by atoms with Gasteiger partial charge in [0.15, 0.2) is 0 Å². The third-order valence-corrected chi connectivity index (χ3v) is 3.79. The van der Waals surface area contributed by atoms with Crippen molar-refractivity contribution < 1.29 is 14.6 Å². The van der Waals surface area contributed by atoms with Gasteiger partial charge in [0.25, 0.3) is 0 Å². The molecule has 0 aliphatic heterocycles. The quantitative estimate of drug-likeness (QED) is 0.649. The van der Waals surface area contributed by atoms with E-state index < -0.39 is 5.97 Å². The summed E-state index contributed by atoms with van der Waals surface area (Å²) in [6.07, 6.45) is 0.931. The van der Waals surface area contributed by atoms with Gasteiger partial charge in [-0.25, -0.2) is 9.78 Å². The Labute approximate surface area is 115 Å². The van der Waals surface area contributed by atoms with Crippen LogP contribution >= 0.6 is 11.8 Å². The zero-order valence-corrected chi connectivity index (χ0v) is 11.4. The molecular formula is C14H15NO3S. The lowest BCUT2D eigenvalue weighted by Gasteiger charge is -2.07. The minimum Gasteiger partial charge on any atom is -0.477 e. The number of ether oxygens (including phenoxy) is 1. The molecule has 0 saturated carbocycles. The molecule has 100 valence electrons. The van der Waals surface area contributed by atoms with Crippen LogP contribution in [-0.4, -0.2) is 35.5 Å². The fourth-order valence-electron chi connectivity index (χ4n) is 1.76. The number of benzene rings is 1. The van der Waals surface area contributed by atoms with Crippen LogP contribution in [0.3, 0.4) is 0 Å². The number of carboxylic acids is 1. The first kappa shape index (κ1) is 13.8. The lowest BCUT2D eigenvalue weighted by molar-refractivity contribution is 0.0690. The number of carboxylic acid groups (broad SMARTS) is 1. The molecular weight excluding hydrogens is 262 g/mol. The van der Waals surface area contributed by atoms with Crippen molar-refractivity contribution in [3.05, 3.63) is 36.0 Å². The van der Waals surface area contributed by atoms with Crippen LogP contribution in [0.15, 0.2) is 35.2 Å². The fourth-order valence-corrected chi connectivity index (χ4v) is 2.76. The van der Waals surface area contributed by atoms with Gasteiger partial charge in [-0.1, -0.05) is 18.2 Å². The first-order valence-corrected chi connectivity index (χ1v) is 6.95. The van der Waals surface area contributed by atoms with Gasteiger partial charge in [-0.05, 0) is 18.6 Å². The number of methoxy groups -OCH3 is 1. The van der Waals surface area contributed by atoms with Gasteiger partial charge in [-0.15, -0.1) is 11.8 Å². The Kier molecular flexibility index (Phi) is 4.76. The Bertz CT molecular complexity index is 586. The van der Waals surface area contributed by atoms with Crippen LogP contribution < -0.4 is 0 Å². The summed E-state index contributed by atoms with van der Waals surface area (Å²) in [5, 5.41) is 10.1. The number of thioether (sulfide) groups is 1. The van der Waals surface area contributed by atoms with E-state index >= 15 is 0 Å². The van der Waals surface area contributed by atoms with Gasteiger partial charge in [-0.3, -0.25) is 0 Å². The summed E-state index contributed by atoms with van der Waals surface area (Å²) in [4.78, 5) is 16.2. The van der Waals surface area contributed by atoms with Crippen LogP contribution in [-0.2, 0) is 4.74 Å². The number of aromatic nitrogens is 1. The second-order valence-electron chi connectivity index (χ2n) is 4.02. The number of aromatic carboxylic acids is 1. The van der Waals surface area contributed by atoms with Crippen molar-refractivity contribution in [2.45, 2.75) is 11.3 Å². The third-order valence-electron chi connectivity index (χ3n) is 2.65. The van der Waals surface area contributed by atoms with Gasteiger partial charge >= 0.3 is 5.97 Å². The summed E-state index contributed by atoms with van der Waals surface area (Å²) >= 11 is 1.64. The molecule has 0 aliphatic rings. The molecule has 0 saturated heterocycles. The van der Waals surface area contributed by atoms with Crippen molar-refractivity contribution in [1.82, 2.24) is 4.98 Å². The molecule has 1 aromatic carbocycles. The number of pyridine rings is 1. The number of fused-ring (bicyclic) bond motifs is 1. The summed E-state index contributed by atoms with van der Waals surface area (Å²) in [7, 11) is 1.68. The average Bonchev–Trinajstić information content (AvgIpc) is 2.43. The van der Waals surface area contributed by atoms with Crippen LogP contribution in [0.25, 0.3) is 10.9 Å². The molecule has 1 heterocycles. The standard InChI is InChI=1S/C14H15NO3S/c1-18-7-4-8-19-13-9-12(14(16)17)15-11-6-3-2-5-10(11)13/h2-3,5-6,9H,4,7-8H2,1H3,(H,16,17). The zero-order valence-electron chi connectivity index (χ0n) is 10.6. The van der Waals surface area contributed by atoms with Gasteiger partial charge in [0.1, 0.15) is 5.69 Å². The van der Waals surface area contributed by atoms with Crippen LogP contribution in [0, 0.1) is 0 Å². The first-order valence-electron chi connectivity index (χ1n) is 5.97. The van der Waals surface area contributed by atoms with Crippen molar-refractivity contribution in [1.29, 1.82) is 0 Å². The molecule has 1 aromatic heterocycles. The minimum absolute atomic E-state index is 0.0907. The van der Waals surface area contributed by atoms with Crippen LogP contribution in [0.2, 0.25) is 0 Å². The minimum atomic E-state index is -0.996. The molecule has 1 N–H and O–H groups in total. The number of nitrogens with zero attached hydrogens (tertiary/aromatic N) is 1. The zero-order chi connectivity index (χ0) is 13.7. The molecule has 0 spiro atoms. The lowest BCUT2D eigenvalue weighted by atomic mass is 10.2. The fraction of sp³-hybridized carbons (Fsp3) is 0.286. The van der Waals surface area contributed by atoms with E-state index in [1.54, 1.807) is 24.9 Å². The number of rotatable bonds is 6. The van der Waals surface area contributed by atoms with E-state index in [0.29, 0.717) is 6.61 Å². The van der Waals surface area contributed by atoms with Crippen molar-refractivity contribution in [3.8, 4) is 0 Å².